The molecule has 5 nitrogen and oxygen atoms in total. The Labute approximate surface area is 152 Å². The van der Waals surface area contributed by atoms with Crippen LogP contribution >= 0.6 is 0 Å². The predicted molar refractivity (Wildman–Crippen MR) is 102 cm³/mol. The molecule has 26 heavy (non-hydrogen) atoms. The normalized spacial score (nSPS) is 10.5. The van der Waals surface area contributed by atoms with Gasteiger partial charge in [0.05, 0.1) is 17.8 Å². The number of hydrogen-bond acceptors (Lipinski definition) is 4. The fourth-order valence-corrected chi connectivity index (χ4v) is 2.63. The molecule has 0 saturated heterocycles. The van der Waals surface area contributed by atoms with Crippen molar-refractivity contribution in [2.45, 2.75) is 19.8 Å². The minimum Gasteiger partial charge on any atom is -0.494 e. The molecule has 3 rings (SSSR count). The van der Waals surface area contributed by atoms with E-state index in [1.54, 1.807) is 30.5 Å². The fourth-order valence-electron chi connectivity index (χ4n) is 2.63. The van der Waals surface area contributed by atoms with Crippen LogP contribution in [-0.2, 0) is 4.79 Å². The molecule has 1 amide bonds. The first-order chi connectivity index (χ1) is 12.6. The van der Waals surface area contributed by atoms with Gasteiger partial charge in [0, 0.05) is 23.6 Å². The first-order valence-electron chi connectivity index (χ1n) is 8.51. The van der Waals surface area contributed by atoms with E-state index in [4.69, 9.17) is 4.74 Å². The zero-order valence-electron chi connectivity index (χ0n) is 14.6. The van der Waals surface area contributed by atoms with Crippen molar-refractivity contribution in [2.75, 3.05) is 11.9 Å². The number of rotatable bonds is 7. The predicted octanol–water partition coefficient (Wildman–Crippen LogP) is 4.24. The van der Waals surface area contributed by atoms with E-state index in [-0.39, 0.29) is 11.7 Å². The zero-order chi connectivity index (χ0) is 18.4. The van der Waals surface area contributed by atoms with Gasteiger partial charge in [-0.15, -0.1) is 0 Å². The molecular weight excluding hydrogens is 328 g/mol. The number of nitrogens with one attached hydrogen (secondary N) is 1. The number of amides is 1. The second-order valence-electron chi connectivity index (χ2n) is 5.96. The molecule has 0 aliphatic heterocycles. The Morgan fingerprint density at radius 1 is 1.04 bits per heavy atom. The van der Waals surface area contributed by atoms with Gasteiger partial charge >= 0.3 is 0 Å². The lowest BCUT2D eigenvalue weighted by Gasteiger charge is -2.09. The van der Waals surface area contributed by atoms with Crippen LogP contribution < -0.4 is 10.1 Å². The molecule has 1 aromatic heterocycles. The maximum absolute atomic E-state index is 12.2. The van der Waals surface area contributed by atoms with E-state index in [9.17, 15) is 9.59 Å². The van der Waals surface area contributed by atoms with Crippen LogP contribution in [0.5, 0.6) is 5.75 Å². The summed E-state index contributed by atoms with van der Waals surface area (Å²) in [5, 5.41) is 3.90. The van der Waals surface area contributed by atoms with Crippen LogP contribution in [0.2, 0.25) is 0 Å². The van der Waals surface area contributed by atoms with Gasteiger partial charge < -0.3 is 10.1 Å². The number of benzene rings is 2. The minimum atomic E-state index is -0.0707. The number of Topliss-reactive ketones (excluding diaryl/α,β-unsaturated/α-hetero) is 1. The lowest BCUT2D eigenvalue weighted by Crippen LogP contribution is -2.13. The molecule has 0 aliphatic rings. The number of carbonyl (C=O) groups excluding carboxylic acids is 2. The van der Waals surface area contributed by atoms with Crippen molar-refractivity contribution in [1.29, 1.82) is 0 Å². The number of aromatic nitrogens is 1. The van der Waals surface area contributed by atoms with Crippen LogP contribution in [0.4, 0.5) is 5.69 Å². The Kier molecular flexibility index (Phi) is 5.59. The highest BCUT2D eigenvalue weighted by Gasteiger charge is 2.07. The SMILES string of the molecule is CC(=O)c1ccc(OCCCC(=O)Nc2cccc3cccnc23)cc1. The number of ether oxygens (including phenoxy) is 1. The molecule has 2 aromatic carbocycles. The smallest absolute Gasteiger partial charge is 0.224 e. The number of pyridine rings is 1. The van der Waals surface area contributed by atoms with Gasteiger partial charge in [0.1, 0.15) is 5.75 Å². The highest BCUT2D eigenvalue weighted by atomic mass is 16.5. The van der Waals surface area contributed by atoms with Crippen LogP contribution in [0.25, 0.3) is 10.9 Å². The van der Waals surface area contributed by atoms with E-state index in [0.717, 1.165) is 10.9 Å². The van der Waals surface area contributed by atoms with Crippen molar-refractivity contribution in [3.63, 3.8) is 0 Å². The van der Waals surface area contributed by atoms with Gasteiger partial charge in [-0.3, -0.25) is 14.6 Å². The molecule has 132 valence electrons. The van der Waals surface area contributed by atoms with Gasteiger partial charge in [0.25, 0.3) is 0 Å². The molecule has 3 aromatic rings. The fraction of sp³-hybridized carbons (Fsp3) is 0.190. The van der Waals surface area contributed by atoms with Crippen LogP contribution in [-0.4, -0.2) is 23.3 Å². The molecular formula is C21H20N2O3. The summed E-state index contributed by atoms with van der Waals surface area (Å²) in [6, 6.07) is 16.5. The number of hydrogen-bond donors (Lipinski definition) is 1. The van der Waals surface area contributed by atoms with Crippen molar-refractivity contribution in [3.05, 3.63) is 66.4 Å². The van der Waals surface area contributed by atoms with Crippen LogP contribution in [0.1, 0.15) is 30.1 Å². The third-order valence-corrected chi connectivity index (χ3v) is 3.98. The van der Waals surface area contributed by atoms with Gasteiger partial charge in [-0.1, -0.05) is 18.2 Å². The monoisotopic (exact) mass is 348 g/mol. The molecule has 0 aliphatic carbocycles. The third-order valence-electron chi connectivity index (χ3n) is 3.98. The Morgan fingerprint density at radius 3 is 2.58 bits per heavy atom. The Balaban J connectivity index is 1.47. The Bertz CT molecular complexity index is 915. The first-order valence-corrected chi connectivity index (χ1v) is 8.51. The summed E-state index contributed by atoms with van der Waals surface area (Å²) in [5.41, 5.74) is 2.15. The zero-order valence-corrected chi connectivity index (χ0v) is 14.6. The van der Waals surface area contributed by atoms with E-state index in [1.165, 1.54) is 6.92 Å². The molecule has 1 heterocycles. The largest absolute Gasteiger partial charge is 0.494 e. The third kappa shape index (κ3) is 4.45. The standard InChI is InChI=1S/C21H20N2O3/c1-15(24)16-9-11-18(12-10-16)26-14-4-8-20(25)23-19-7-2-5-17-6-3-13-22-21(17)19/h2-3,5-7,9-13H,4,8,14H2,1H3,(H,23,25). The summed E-state index contributed by atoms with van der Waals surface area (Å²) in [6.45, 7) is 1.96. The summed E-state index contributed by atoms with van der Waals surface area (Å²) < 4.78 is 5.61. The van der Waals surface area contributed by atoms with Crippen molar-refractivity contribution in [1.82, 2.24) is 4.98 Å². The lowest BCUT2D eigenvalue weighted by atomic mass is 10.1. The Hall–Kier alpha value is -3.21. The highest BCUT2D eigenvalue weighted by molar-refractivity contribution is 6.00. The van der Waals surface area contributed by atoms with E-state index in [1.807, 2.05) is 30.3 Å². The Morgan fingerprint density at radius 2 is 1.81 bits per heavy atom. The van der Waals surface area contributed by atoms with Crippen molar-refractivity contribution in [2.24, 2.45) is 0 Å². The molecule has 0 unspecified atom stereocenters. The van der Waals surface area contributed by atoms with Crippen molar-refractivity contribution in [3.8, 4) is 5.75 Å². The van der Waals surface area contributed by atoms with E-state index in [0.29, 0.717) is 36.4 Å². The summed E-state index contributed by atoms with van der Waals surface area (Å²) in [5.74, 6) is 0.642. The molecule has 0 fully saturated rings. The summed E-state index contributed by atoms with van der Waals surface area (Å²) in [7, 11) is 0. The second-order valence-corrected chi connectivity index (χ2v) is 5.96. The van der Waals surface area contributed by atoms with Crippen molar-refractivity contribution < 1.29 is 14.3 Å². The van der Waals surface area contributed by atoms with Gasteiger partial charge in [-0.2, -0.15) is 0 Å². The first kappa shape index (κ1) is 17.6. The number of carbonyl (C=O) groups is 2. The number of fused-ring (bicyclic) bond motifs is 1. The van der Waals surface area contributed by atoms with E-state index < -0.39 is 0 Å². The molecule has 0 atom stereocenters. The molecule has 5 heteroatoms. The summed E-state index contributed by atoms with van der Waals surface area (Å²) in [6.07, 6.45) is 2.66. The van der Waals surface area contributed by atoms with Gasteiger partial charge in [0.15, 0.2) is 5.78 Å². The molecule has 1 N–H and O–H groups in total. The lowest BCUT2D eigenvalue weighted by molar-refractivity contribution is -0.116. The average molecular weight is 348 g/mol. The second kappa shape index (κ2) is 8.25. The minimum absolute atomic E-state index is 0.0242. The van der Waals surface area contributed by atoms with Crippen LogP contribution in [0.3, 0.4) is 0 Å². The average Bonchev–Trinajstić information content (AvgIpc) is 2.66. The van der Waals surface area contributed by atoms with Gasteiger partial charge in [-0.05, 0) is 49.7 Å². The number of para-hydroxylation sites is 1. The number of anilines is 1. The summed E-state index contributed by atoms with van der Waals surface area (Å²) >= 11 is 0. The van der Waals surface area contributed by atoms with Crippen molar-refractivity contribution >= 4 is 28.3 Å². The summed E-state index contributed by atoms with van der Waals surface area (Å²) in [4.78, 5) is 27.7. The van der Waals surface area contributed by atoms with Gasteiger partial charge in [0.2, 0.25) is 5.91 Å². The molecule has 0 saturated carbocycles. The maximum atomic E-state index is 12.2. The van der Waals surface area contributed by atoms with E-state index in [2.05, 4.69) is 10.3 Å². The van der Waals surface area contributed by atoms with E-state index >= 15 is 0 Å². The van der Waals surface area contributed by atoms with Crippen LogP contribution in [0.15, 0.2) is 60.8 Å². The quantitative estimate of drug-likeness (QED) is 0.512. The van der Waals surface area contributed by atoms with Crippen LogP contribution in [0, 0.1) is 0 Å². The molecule has 0 spiro atoms. The number of nitrogens with zero attached hydrogens (tertiary/aromatic N) is 1. The maximum Gasteiger partial charge on any atom is 0.224 e. The van der Waals surface area contributed by atoms with Gasteiger partial charge in [-0.25, -0.2) is 0 Å². The molecule has 0 radical (unpaired) electrons. The topological polar surface area (TPSA) is 68.3 Å². The number of ketones is 1. The highest BCUT2D eigenvalue weighted by Crippen LogP contribution is 2.21. The molecule has 0 bridgehead atoms.